The molecule has 0 unspecified atom stereocenters. The molecule has 0 atom stereocenters. The van der Waals surface area contributed by atoms with E-state index < -0.39 is 33.6 Å². The van der Waals surface area contributed by atoms with Gasteiger partial charge < -0.3 is 4.52 Å². The van der Waals surface area contributed by atoms with Crippen molar-refractivity contribution in [3.05, 3.63) is 39.8 Å². The highest BCUT2D eigenvalue weighted by Gasteiger charge is 2.25. The maximum absolute atomic E-state index is 13.9. The van der Waals surface area contributed by atoms with E-state index in [0.29, 0.717) is 6.07 Å². The first-order valence-electron chi connectivity index (χ1n) is 5.35. The molecule has 0 saturated heterocycles. The summed E-state index contributed by atoms with van der Waals surface area (Å²) >= 11 is 0. The normalized spacial score (nSPS) is 10.6. The third-order valence-corrected chi connectivity index (χ3v) is 2.36. The van der Waals surface area contributed by atoms with Crippen LogP contribution < -0.4 is 0 Å². The van der Waals surface area contributed by atoms with E-state index in [9.17, 15) is 23.7 Å². The second kappa shape index (κ2) is 5.11. The van der Waals surface area contributed by atoms with Crippen LogP contribution in [0.5, 0.6) is 0 Å². The van der Waals surface area contributed by atoms with Crippen molar-refractivity contribution in [1.82, 2.24) is 10.1 Å². The number of carbonyl (C=O) groups is 1. The fourth-order valence-electron chi connectivity index (χ4n) is 1.53. The van der Waals surface area contributed by atoms with Crippen LogP contribution in [0.1, 0.15) is 12.8 Å². The Balaban J connectivity index is 2.52. The van der Waals surface area contributed by atoms with E-state index >= 15 is 0 Å². The molecule has 0 aliphatic carbocycles. The highest BCUT2D eigenvalue weighted by Crippen LogP contribution is 2.29. The number of carbonyl (C=O) groups excluding carboxylic acids is 1. The van der Waals surface area contributed by atoms with Crippen LogP contribution in [-0.4, -0.2) is 20.8 Å². The first-order chi connectivity index (χ1) is 9.40. The molecule has 7 nitrogen and oxygen atoms in total. The average Bonchev–Trinajstić information content (AvgIpc) is 2.75. The Kier molecular flexibility index (Phi) is 3.51. The summed E-state index contributed by atoms with van der Waals surface area (Å²) in [4.78, 5) is 24.1. The zero-order valence-electron chi connectivity index (χ0n) is 10.1. The third-order valence-electron chi connectivity index (χ3n) is 2.36. The second-order valence-corrected chi connectivity index (χ2v) is 3.90. The Labute approximate surface area is 110 Å². The maximum Gasteiger partial charge on any atom is 0.305 e. The van der Waals surface area contributed by atoms with E-state index in [1.807, 2.05) is 0 Å². The van der Waals surface area contributed by atoms with E-state index in [0.717, 1.165) is 6.07 Å². The molecule has 1 aromatic carbocycles. The fraction of sp³-hybridized carbons (Fsp3) is 0.182. The van der Waals surface area contributed by atoms with Crippen molar-refractivity contribution in [1.29, 1.82) is 0 Å². The van der Waals surface area contributed by atoms with E-state index in [4.69, 9.17) is 0 Å². The number of hydrogen-bond acceptors (Lipinski definition) is 6. The number of benzene rings is 1. The van der Waals surface area contributed by atoms with Crippen LogP contribution in [0.25, 0.3) is 11.4 Å². The Morgan fingerprint density at radius 3 is 2.75 bits per heavy atom. The van der Waals surface area contributed by atoms with Crippen LogP contribution in [0.15, 0.2) is 16.7 Å². The van der Waals surface area contributed by atoms with Gasteiger partial charge in [0.05, 0.1) is 11.3 Å². The summed E-state index contributed by atoms with van der Waals surface area (Å²) in [6.45, 7) is 1.28. The summed E-state index contributed by atoms with van der Waals surface area (Å²) < 4.78 is 32.1. The van der Waals surface area contributed by atoms with E-state index in [1.54, 1.807) is 0 Å². The number of rotatable bonds is 4. The Morgan fingerprint density at radius 1 is 1.45 bits per heavy atom. The van der Waals surface area contributed by atoms with Crippen molar-refractivity contribution in [3.8, 4) is 11.4 Å². The Bertz CT molecular complexity index is 699. The van der Waals surface area contributed by atoms with Crippen LogP contribution >= 0.6 is 0 Å². The standard InChI is InChI=1S/C11H7F2N3O4/c1-5(17)4-8-14-11(15-20-8)9-6(12)2-3-7(10(9)13)16(18)19/h2-3H,4H2,1H3. The quantitative estimate of drug-likeness (QED) is 0.629. The summed E-state index contributed by atoms with van der Waals surface area (Å²) in [6.07, 6.45) is -0.189. The summed E-state index contributed by atoms with van der Waals surface area (Å²) in [7, 11) is 0. The SMILES string of the molecule is CC(=O)Cc1nc(-c2c(F)ccc([N+](=O)[O-])c2F)no1. The van der Waals surface area contributed by atoms with Gasteiger partial charge in [0.15, 0.2) is 0 Å². The molecule has 2 rings (SSSR count). The summed E-state index contributed by atoms with van der Waals surface area (Å²) in [5, 5.41) is 13.9. The lowest BCUT2D eigenvalue weighted by atomic mass is 10.1. The van der Waals surface area contributed by atoms with Crippen molar-refractivity contribution in [2.45, 2.75) is 13.3 Å². The van der Waals surface area contributed by atoms with Crippen LogP contribution in [0, 0.1) is 21.7 Å². The molecule has 0 amide bonds. The monoisotopic (exact) mass is 283 g/mol. The number of ketones is 1. The molecule has 0 aliphatic heterocycles. The molecular formula is C11H7F2N3O4. The van der Waals surface area contributed by atoms with Crippen LogP contribution in [0.2, 0.25) is 0 Å². The first kappa shape index (κ1) is 13.7. The van der Waals surface area contributed by atoms with Gasteiger partial charge >= 0.3 is 5.69 Å². The highest BCUT2D eigenvalue weighted by atomic mass is 19.1. The highest BCUT2D eigenvalue weighted by molar-refractivity contribution is 5.77. The average molecular weight is 283 g/mol. The number of nitro groups is 1. The third kappa shape index (κ3) is 2.51. The molecule has 0 fully saturated rings. The van der Waals surface area contributed by atoms with Crippen molar-refractivity contribution < 1.29 is 23.0 Å². The van der Waals surface area contributed by atoms with Gasteiger partial charge in [-0.1, -0.05) is 5.16 Å². The molecule has 0 spiro atoms. The summed E-state index contributed by atoms with van der Waals surface area (Å²) in [5.74, 6) is -3.36. The van der Waals surface area contributed by atoms with Gasteiger partial charge in [-0.25, -0.2) is 4.39 Å². The second-order valence-electron chi connectivity index (χ2n) is 3.90. The van der Waals surface area contributed by atoms with Crippen LogP contribution in [0.3, 0.4) is 0 Å². The number of nitrogens with zero attached hydrogens (tertiary/aromatic N) is 3. The molecule has 104 valence electrons. The number of Topliss-reactive ketones (excluding diaryl/α,β-unsaturated/α-hetero) is 1. The molecule has 0 bridgehead atoms. The maximum atomic E-state index is 13.9. The van der Waals surface area contributed by atoms with E-state index in [1.165, 1.54) is 6.92 Å². The zero-order chi connectivity index (χ0) is 14.9. The van der Waals surface area contributed by atoms with Gasteiger partial charge in [0.1, 0.15) is 17.2 Å². The Morgan fingerprint density at radius 2 is 2.15 bits per heavy atom. The van der Waals surface area contributed by atoms with Gasteiger partial charge in [-0.15, -0.1) is 0 Å². The van der Waals surface area contributed by atoms with Gasteiger partial charge in [0.2, 0.25) is 17.5 Å². The summed E-state index contributed by atoms with van der Waals surface area (Å²) in [5.41, 5.74) is -1.67. The summed E-state index contributed by atoms with van der Waals surface area (Å²) in [6, 6.07) is 1.43. The minimum atomic E-state index is -1.40. The lowest BCUT2D eigenvalue weighted by molar-refractivity contribution is -0.387. The molecule has 2 aromatic rings. The number of hydrogen-bond donors (Lipinski definition) is 0. The van der Waals surface area contributed by atoms with E-state index in [-0.39, 0.29) is 18.1 Å². The zero-order valence-corrected chi connectivity index (χ0v) is 10.1. The van der Waals surface area contributed by atoms with Crippen molar-refractivity contribution in [3.63, 3.8) is 0 Å². The molecule has 9 heteroatoms. The molecule has 0 aliphatic rings. The number of halogens is 2. The smallest absolute Gasteiger partial charge is 0.305 e. The lowest BCUT2D eigenvalue weighted by Crippen LogP contribution is -1.99. The minimum Gasteiger partial charge on any atom is -0.338 e. The Hall–Kier alpha value is -2.71. The van der Waals surface area contributed by atoms with Gasteiger partial charge in [-0.05, 0) is 13.0 Å². The molecule has 20 heavy (non-hydrogen) atoms. The fourth-order valence-corrected chi connectivity index (χ4v) is 1.53. The lowest BCUT2D eigenvalue weighted by Gasteiger charge is -2.00. The van der Waals surface area contributed by atoms with Crippen LogP contribution in [-0.2, 0) is 11.2 Å². The predicted molar refractivity (Wildman–Crippen MR) is 60.7 cm³/mol. The van der Waals surface area contributed by atoms with Gasteiger partial charge in [-0.3, -0.25) is 14.9 Å². The van der Waals surface area contributed by atoms with Crippen molar-refractivity contribution >= 4 is 11.5 Å². The van der Waals surface area contributed by atoms with E-state index in [2.05, 4.69) is 14.7 Å². The molecule has 0 N–H and O–H groups in total. The molecule has 1 heterocycles. The van der Waals surface area contributed by atoms with Crippen molar-refractivity contribution in [2.75, 3.05) is 0 Å². The predicted octanol–water partition coefficient (Wildman–Crippen LogP) is 2.05. The first-order valence-corrected chi connectivity index (χ1v) is 5.35. The molecule has 0 radical (unpaired) electrons. The number of aromatic nitrogens is 2. The molecular weight excluding hydrogens is 276 g/mol. The van der Waals surface area contributed by atoms with Gasteiger partial charge in [0, 0.05) is 6.07 Å². The topological polar surface area (TPSA) is 99.1 Å². The molecule has 1 aromatic heterocycles. The van der Waals surface area contributed by atoms with Crippen molar-refractivity contribution in [2.24, 2.45) is 0 Å². The van der Waals surface area contributed by atoms with Gasteiger partial charge in [-0.2, -0.15) is 9.37 Å². The largest absolute Gasteiger partial charge is 0.338 e. The van der Waals surface area contributed by atoms with Crippen LogP contribution in [0.4, 0.5) is 14.5 Å². The molecule has 0 saturated carbocycles. The number of nitro benzene ring substituents is 1. The minimum absolute atomic E-state index is 0.127. The van der Waals surface area contributed by atoms with Gasteiger partial charge in [0.25, 0.3) is 0 Å².